The van der Waals surface area contributed by atoms with E-state index in [0.717, 1.165) is 17.5 Å². The highest BCUT2D eigenvalue weighted by Gasteiger charge is 2.20. The van der Waals surface area contributed by atoms with Crippen molar-refractivity contribution in [3.05, 3.63) is 59.7 Å². The first-order chi connectivity index (χ1) is 13.1. The number of amides is 2. The van der Waals surface area contributed by atoms with Gasteiger partial charge in [0.15, 0.2) is 0 Å². The van der Waals surface area contributed by atoms with E-state index in [4.69, 9.17) is 10.9 Å². The van der Waals surface area contributed by atoms with Gasteiger partial charge in [-0.2, -0.15) is 0 Å². The number of carbonyl (C=O) groups excluding carboxylic acids is 2. The fraction of sp³-hybridized carbons (Fsp3) is 0.300. The number of nitrogens with two attached hydrogens (primary N) is 1. The summed E-state index contributed by atoms with van der Waals surface area (Å²) in [5, 5.41) is 14.4. The van der Waals surface area contributed by atoms with E-state index in [-0.39, 0.29) is 6.54 Å². The van der Waals surface area contributed by atoms with Crippen molar-refractivity contribution in [1.29, 1.82) is 0 Å². The molecule has 7 heteroatoms. The molecule has 0 heterocycles. The van der Waals surface area contributed by atoms with Crippen LogP contribution in [0.1, 0.15) is 22.8 Å². The van der Waals surface area contributed by atoms with E-state index in [9.17, 15) is 9.59 Å². The van der Waals surface area contributed by atoms with Crippen LogP contribution < -0.4 is 21.8 Å². The summed E-state index contributed by atoms with van der Waals surface area (Å²) in [5.74, 6) is -1.09. The quantitative estimate of drug-likeness (QED) is 0.257. The zero-order valence-electron chi connectivity index (χ0n) is 15.4. The van der Waals surface area contributed by atoms with Gasteiger partial charge in [-0.1, -0.05) is 43.3 Å². The maximum absolute atomic E-state index is 12.4. The molecule has 0 saturated heterocycles. The van der Waals surface area contributed by atoms with E-state index < -0.39 is 17.9 Å². The van der Waals surface area contributed by atoms with Gasteiger partial charge in [-0.15, -0.1) is 0 Å². The number of nitrogens with one attached hydrogen (secondary N) is 3. The van der Waals surface area contributed by atoms with Crippen molar-refractivity contribution in [1.82, 2.24) is 16.1 Å². The first-order valence-electron chi connectivity index (χ1n) is 8.94. The van der Waals surface area contributed by atoms with Gasteiger partial charge in [0, 0.05) is 25.2 Å². The van der Waals surface area contributed by atoms with E-state index >= 15 is 0 Å². The van der Waals surface area contributed by atoms with Gasteiger partial charge in [-0.05, 0) is 35.2 Å². The summed E-state index contributed by atoms with van der Waals surface area (Å²) in [7, 11) is 0. The molecule has 6 N–H and O–H groups in total. The monoisotopic (exact) mass is 370 g/mol. The van der Waals surface area contributed by atoms with Crippen LogP contribution in [0.15, 0.2) is 48.5 Å². The van der Waals surface area contributed by atoms with E-state index in [1.54, 1.807) is 17.6 Å². The molecule has 2 rings (SSSR count). The molecule has 0 fully saturated rings. The first kappa shape index (κ1) is 20.6. The fourth-order valence-corrected chi connectivity index (χ4v) is 2.62. The predicted molar refractivity (Wildman–Crippen MR) is 104 cm³/mol. The number of hydrogen-bond acceptors (Lipinski definition) is 5. The van der Waals surface area contributed by atoms with Crippen LogP contribution in [-0.2, 0) is 11.2 Å². The second-order valence-corrected chi connectivity index (χ2v) is 6.12. The molecule has 27 heavy (non-hydrogen) atoms. The van der Waals surface area contributed by atoms with E-state index in [1.165, 1.54) is 5.56 Å². The number of aryl methyl sites for hydroxylation is 1. The molecule has 0 radical (unpaired) electrons. The predicted octanol–water partition coefficient (Wildman–Crippen LogP) is 1.07. The third-order valence-electron chi connectivity index (χ3n) is 4.24. The number of rotatable bonds is 9. The summed E-state index contributed by atoms with van der Waals surface area (Å²) in [6, 6.07) is 14.5. The van der Waals surface area contributed by atoms with Gasteiger partial charge in [0.1, 0.15) is 6.04 Å². The van der Waals surface area contributed by atoms with Gasteiger partial charge >= 0.3 is 0 Å². The van der Waals surface area contributed by atoms with Crippen molar-refractivity contribution in [2.75, 3.05) is 19.6 Å². The average Bonchev–Trinajstić information content (AvgIpc) is 2.72. The van der Waals surface area contributed by atoms with E-state index in [2.05, 4.69) is 41.8 Å². The Morgan fingerprint density at radius 2 is 1.63 bits per heavy atom. The van der Waals surface area contributed by atoms with E-state index in [1.807, 2.05) is 12.1 Å². The largest absolute Gasteiger partial charge is 0.339 e. The van der Waals surface area contributed by atoms with Crippen molar-refractivity contribution in [3.8, 4) is 11.1 Å². The number of hydroxylamine groups is 1. The Bertz CT molecular complexity index is 745. The zero-order chi connectivity index (χ0) is 19.6. The molecule has 0 bridgehead atoms. The summed E-state index contributed by atoms with van der Waals surface area (Å²) in [4.78, 5) is 24.1. The van der Waals surface area contributed by atoms with Crippen LogP contribution in [0.25, 0.3) is 11.1 Å². The highest BCUT2D eigenvalue weighted by molar-refractivity contribution is 5.97. The number of benzene rings is 2. The smallest absolute Gasteiger partial charge is 0.267 e. The molecule has 144 valence electrons. The van der Waals surface area contributed by atoms with Crippen LogP contribution in [0.2, 0.25) is 0 Å². The molecule has 0 aliphatic heterocycles. The van der Waals surface area contributed by atoms with Crippen LogP contribution in [-0.4, -0.2) is 42.7 Å². The molecule has 2 aromatic rings. The van der Waals surface area contributed by atoms with Gasteiger partial charge in [-0.25, -0.2) is 5.48 Å². The molecule has 2 aromatic carbocycles. The Morgan fingerprint density at radius 1 is 1.04 bits per heavy atom. The summed E-state index contributed by atoms with van der Waals surface area (Å²) in [5.41, 5.74) is 10.7. The Labute approximate surface area is 158 Å². The number of hydrogen-bond donors (Lipinski definition) is 5. The second kappa shape index (κ2) is 10.4. The van der Waals surface area contributed by atoms with Gasteiger partial charge < -0.3 is 16.4 Å². The van der Waals surface area contributed by atoms with Crippen molar-refractivity contribution in [2.45, 2.75) is 19.4 Å². The molecule has 0 aliphatic rings. The Kier molecular flexibility index (Phi) is 7.94. The lowest BCUT2D eigenvalue weighted by atomic mass is 10.0. The Balaban J connectivity index is 2.05. The molecular weight excluding hydrogens is 344 g/mol. The summed E-state index contributed by atoms with van der Waals surface area (Å²) in [6.07, 6.45) is 0.988. The molecular formula is C20H26N4O3. The van der Waals surface area contributed by atoms with Crippen molar-refractivity contribution >= 4 is 11.8 Å². The molecule has 1 unspecified atom stereocenters. The molecule has 1 atom stereocenters. The molecule has 2 amide bonds. The third-order valence-corrected chi connectivity index (χ3v) is 4.24. The normalized spacial score (nSPS) is 11.7. The SMILES string of the molecule is CCc1ccc(-c2ccc(C(=O)NC(CNCCN)C(=O)NO)cc2)cc1. The van der Waals surface area contributed by atoms with Gasteiger partial charge in [-0.3, -0.25) is 14.8 Å². The van der Waals surface area contributed by atoms with Crippen LogP contribution in [0.4, 0.5) is 0 Å². The maximum atomic E-state index is 12.4. The third kappa shape index (κ3) is 5.89. The molecule has 0 spiro atoms. The van der Waals surface area contributed by atoms with Crippen LogP contribution in [0, 0.1) is 0 Å². The average molecular weight is 370 g/mol. The maximum Gasteiger partial charge on any atom is 0.267 e. The van der Waals surface area contributed by atoms with E-state index in [0.29, 0.717) is 18.7 Å². The minimum atomic E-state index is -0.907. The topological polar surface area (TPSA) is 116 Å². The minimum absolute atomic E-state index is 0.164. The molecule has 0 aliphatic carbocycles. The molecule has 0 aromatic heterocycles. The fourth-order valence-electron chi connectivity index (χ4n) is 2.62. The van der Waals surface area contributed by atoms with Gasteiger partial charge in [0.05, 0.1) is 0 Å². The van der Waals surface area contributed by atoms with Crippen molar-refractivity contribution in [3.63, 3.8) is 0 Å². The van der Waals surface area contributed by atoms with Crippen LogP contribution >= 0.6 is 0 Å². The molecule has 7 nitrogen and oxygen atoms in total. The first-order valence-corrected chi connectivity index (χ1v) is 8.94. The minimum Gasteiger partial charge on any atom is -0.339 e. The Morgan fingerprint density at radius 3 is 2.15 bits per heavy atom. The highest BCUT2D eigenvalue weighted by Crippen LogP contribution is 2.20. The Hall–Kier alpha value is -2.74. The lowest BCUT2D eigenvalue weighted by Crippen LogP contribution is -2.51. The highest BCUT2D eigenvalue weighted by atomic mass is 16.5. The zero-order valence-corrected chi connectivity index (χ0v) is 15.4. The van der Waals surface area contributed by atoms with Crippen LogP contribution in [0.3, 0.4) is 0 Å². The molecule has 0 saturated carbocycles. The summed E-state index contributed by atoms with van der Waals surface area (Å²) >= 11 is 0. The van der Waals surface area contributed by atoms with Crippen molar-refractivity contribution in [2.24, 2.45) is 5.73 Å². The standard InChI is InChI=1S/C20H26N4O3/c1-2-14-3-5-15(6-4-14)16-7-9-17(10-8-16)19(25)23-18(20(26)24-27)13-22-12-11-21/h3-10,18,22,27H,2,11-13,21H2,1H3,(H,23,25)(H,24,26). The summed E-state index contributed by atoms with van der Waals surface area (Å²) in [6.45, 7) is 3.17. The van der Waals surface area contributed by atoms with Crippen molar-refractivity contribution < 1.29 is 14.8 Å². The second-order valence-electron chi connectivity index (χ2n) is 6.12. The lowest BCUT2D eigenvalue weighted by molar-refractivity contribution is -0.131. The van der Waals surface area contributed by atoms with Gasteiger partial charge in [0.2, 0.25) is 0 Å². The number of carbonyl (C=O) groups is 2. The lowest BCUT2D eigenvalue weighted by Gasteiger charge is -2.17. The van der Waals surface area contributed by atoms with Gasteiger partial charge in [0.25, 0.3) is 11.8 Å². The van der Waals surface area contributed by atoms with Crippen LogP contribution in [0.5, 0.6) is 0 Å². The summed E-state index contributed by atoms with van der Waals surface area (Å²) < 4.78 is 0.